The van der Waals surface area contributed by atoms with Crippen molar-refractivity contribution in [3.8, 4) is 0 Å². The van der Waals surface area contributed by atoms with E-state index in [9.17, 15) is 9.59 Å². The highest BCUT2D eigenvalue weighted by Gasteiger charge is 2.52. The molecule has 150 valence electrons. The molecule has 5 rings (SSSR count). The van der Waals surface area contributed by atoms with Gasteiger partial charge in [-0.15, -0.1) is 0 Å². The number of likely N-dealkylation sites (tertiary alicyclic amines) is 2. The molecule has 2 amide bonds. The topological polar surface area (TPSA) is 53.5 Å². The van der Waals surface area contributed by atoms with Gasteiger partial charge in [-0.25, -0.2) is 0 Å². The van der Waals surface area contributed by atoms with E-state index in [1.54, 1.807) is 24.5 Å². The van der Waals surface area contributed by atoms with Crippen LogP contribution < -0.4 is 0 Å². The average Bonchev–Trinajstić information content (AvgIpc) is 3.54. The van der Waals surface area contributed by atoms with Crippen LogP contribution in [0.4, 0.5) is 0 Å². The Bertz CT molecular complexity index is 897. The van der Waals surface area contributed by atoms with Gasteiger partial charge in [-0.2, -0.15) is 0 Å². The van der Waals surface area contributed by atoms with E-state index < -0.39 is 0 Å². The van der Waals surface area contributed by atoms with Gasteiger partial charge >= 0.3 is 0 Å². The molecule has 3 aliphatic rings. The molecule has 1 aromatic heterocycles. The second-order valence-electron chi connectivity index (χ2n) is 8.76. The smallest absolute Gasteiger partial charge is 0.254 e. The monoisotopic (exact) mass is 389 g/mol. The predicted molar refractivity (Wildman–Crippen MR) is 110 cm³/mol. The highest BCUT2D eigenvalue weighted by molar-refractivity contribution is 5.95. The van der Waals surface area contributed by atoms with Crippen molar-refractivity contribution in [1.82, 2.24) is 14.8 Å². The molecule has 0 unspecified atom stereocenters. The average molecular weight is 389 g/mol. The summed E-state index contributed by atoms with van der Waals surface area (Å²) in [6, 6.07) is 14.0. The van der Waals surface area contributed by atoms with E-state index in [1.807, 2.05) is 11.0 Å². The quantitative estimate of drug-likeness (QED) is 0.807. The molecule has 29 heavy (non-hydrogen) atoms. The third-order valence-electron chi connectivity index (χ3n) is 7.07. The van der Waals surface area contributed by atoms with Crippen molar-refractivity contribution in [2.24, 2.45) is 5.92 Å². The van der Waals surface area contributed by atoms with E-state index in [0.717, 1.165) is 25.9 Å². The van der Waals surface area contributed by atoms with Crippen molar-refractivity contribution in [2.45, 2.75) is 43.6 Å². The lowest BCUT2D eigenvalue weighted by atomic mass is 9.71. The number of benzene rings is 1. The van der Waals surface area contributed by atoms with Crippen LogP contribution in [0.15, 0.2) is 54.9 Å². The fraction of sp³-hybridized carbons (Fsp3) is 0.458. The minimum atomic E-state index is -0.155. The summed E-state index contributed by atoms with van der Waals surface area (Å²) in [6.45, 7) is 2.36. The summed E-state index contributed by atoms with van der Waals surface area (Å²) in [4.78, 5) is 34.6. The van der Waals surface area contributed by atoms with Crippen molar-refractivity contribution < 1.29 is 9.59 Å². The number of rotatable bonds is 4. The number of nitrogens with zero attached hydrogens (tertiary/aromatic N) is 3. The molecule has 3 fully saturated rings. The Balaban J connectivity index is 1.50. The number of pyridine rings is 1. The Morgan fingerprint density at radius 3 is 2.48 bits per heavy atom. The molecule has 0 spiro atoms. The molecule has 2 aliphatic heterocycles. The molecule has 0 N–H and O–H groups in total. The van der Waals surface area contributed by atoms with Crippen LogP contribution >= 0.6 is 0 Å². The minimum Gasteiger partial charge on any atom is -0.342 e. The van der Waals surface area contributed by atoms with Crippen LogP contribution in [0.1, 0.15) is 48.0 Å². The number of hydrogen-bond donors (Lipinski definition) is 0. The maximum absolute atomic E-state index is 13.3. The summed E-state index contributed by atoms with van der Waals surface area (Å²) in [5.41, 5.74) is 1.75. The van der Waals surface area contributed by atoms with Crippen molar-refractivity contribution in [2.75, 3.05) is 19.6 Å². The largest absolute Gasteiger partial charge is 0.342 e. The van der Waals surface area contributed by atoms with Crippen LogP contribution in [0, 0.1) is 5.92 Å². The highest BCUT2D eigenvalue weighted by Crippen LogP contribution is 2.47. The van der Waals surface area contributed by atoms with Gasteiger partial charge in [0.2, 0.25) is 5.91 Å². The van der Waals surface area contributed by atoms with E-state index in [-0.39, 0.29) is 23.3 Å². The number of fused-ring (bicyclic) bond motifs is 1. The Labute approximate surface area is 171 Å². The summed E-state index contributed by atoms with van der Waals surface area (Å²) in [5, 5.41) is 0. The molecule has 2 aromatic rings. The maximum atomic E-state index is 13.3. The van der Waals surface area contributed by atoms with Crippen molar-refractivity contribution in [3.63, 3.8) is 0 Å². The molecule has 5 nitrogen and oxygen atoms in total. The molecule has 2 atom stereocenters. The van der Waals surface area contributed by atoms with Crippen LogP contribution in [-0.4, -0.2) is 52.3 Å². The Morgan fingerprint density at radius 1 is 1.03 bits per heavy atom. The SMILES string of the molecule is O=C1C[C@H]2N(C(=O)c3ccncc3)CC[C@]2(c2ccccc2)CCN1CC1CC1. The summed E-state index contributed by atoms with van der Waals surface area (Å²) in [7, 11) is 0. The second-order valence-corrected chi connectivity index (χ2v) is 8.76. The molecule has 0 radical (unpaired) electrons. The minimum absolute atomic E-state index is 0.0126. The molecule has 1 saturated carbocycles. The zero-order valence-electron chi connectivity index (χ0n) is 16.7. The van der Waals surface area contributed by atoms with Crippen LogP contribution in [0.25, 0.3) is 0 Å². The Morgan fingerprint density at radius 2 is 1.76 bits per heavy atom. The first-order valence-electron chi connectivity index (χ1n) is 10.7. The Kier molecular flexibility index (Phi) is 4.61. The zero-order chi connectivity index (χ0) is 19.8. The van der Waals surface area contributed by atoms with Gasteiger partial charge in [0.25, 0.3) is 5.91 Å². The first-order chi connectivity index (χ1) is 14.2. The van der Waals surface area contributed by atoms with Crippen LogP contribution in [0.3, 0.4) is 0 Å². The van der Waals surface area contributed by atoms with Crippen molar-refractivity contribution in [3.05, 3.63) is 66.0 Å². The first kappa shape index (κ1) is 18.3. The molecular weight excluding hydrogens is 362 g/mol. The molecule has 3 heterocycles. The lowest BCUT2D eigenvalue weighted by Gasteiger charge is -2.36. The van der Waals surface area contributed by atoms with Gasteiger partial charge in [-0.1, -0.05) is 30.3 Å². The normalized spacial score (nSPS) is 26.9. The third kappa shape index (κ3) is 3.33. The number of carbonyl (C=O) groups excluding carboxylic acids is 2. The van der Waals surface area contributed by atoms with E-state index in [4.69, 9.17) is 0 Å². The zero-order valence-corrected chi connectivity index (χ0v) is 16.7. The van der Waals surface area contributed by atoms with Crippen molar-refractivity contribution >= 4 is 11.8 Å². The van der Waals surface area contributed by atoms with Crippen LogP contribution in [0.2, 0.25) is 0 Å². The fourth-order valence-electron chi connectivity index (χ4n) is 5.25. The van der Waals surface area contributed by atoms with E-state index in [2.05, 4.69) is 34.1 Å². The van der Waals surface area contributed by atoms with Gasteiger partial charge in [-0.3, -0.25) is 14.6 Å². The number of hydrogen-bond acceptors (Lipinski definition) is 3. The standard InChI is InChI=1S/C24H27N3O2/c28-22-16-21-24(20-4-2-1-3-5-20,10-14-26(22)17-18-6-7-18)11-15-27(21)23(29)19-8-12-25-13-9-19/h1-5,8-9,12-13,18,21H,6-7,10-11,14-17H2/t21-,24+/m1/s1. The Hall–Kier alpha value is -2.69. The lowest BCUT2D eigenvalue weighted by molar-refractivity contribution is -0.131. The van der Waals surface area contributed by atoms with Crippen molar-refractivity contribution in [1.29, 1.82) is 0 Å². The van der Waals surface area contributed by atoms with E-state index >= 15 is 0 Å². The van der Waals surface area contributed by atoms with Gasteiger partial charge in [0, 0.05) is 49.4 Å². The molecule has 2 saturated heterocycles. The van der Waals surface area contributed by atoms with Gasteiger partial charge in [0.1, 0.15) is 0 Å². The molecule has 5 heteroatoms. The number of amides is 2. The summed E-state index contributed by atoms with van der Waals surface area (Å²) < 4.78 is 0. The molecule has 1 aromatic carbocycles. The summed E-state index contributed by atoms with van der Waals surface area (Å²) in [5.74, 6) is 0.895. The van der Waals surface area contributed by atoms with Gasteiger partial charge in [0.15, 0.2) is 0 Å². The third-order valence-corrected chi connectivity index (χ3v) is 7.07. The summed E-state index contributed by atoms with van der Waals surface area (Å²) in [6.07, 6.45) is 8.03. The number of carbonyl (C=O) groups is 2. The van der Waals surface area contributed by atoms with E-state index in [1.165, 1.54) is 18.4 Å². The molecular formula is C24H27N3O2. The molecule has 0 bridgehead atoms. The van der Waals surface area contributed by atoms with Crippen LogP contribution in [0.5, 0.6) is 0 Å². The fourth-order valence-corrected chi connectivity index (χ4v) is 5.25. The first-order valence-corrected chi connectivity index (χ1v) is 10.7. The van der Waals surface area contributed by atoms with Gasteiger partial charge in [0.05, 0.1) is 6.04 Å². The number of aromatic nitrogens is 1. The molecule has 1 aliphatic carbocycles. The second kappa shape index (κ2) is 7.29. The highest BCUT2D eigenvalue weighted by atomic mass is 16.2. The summed E-state index contributed by atoms with van der Waals surface area (Å²) >= 11 is 0. The van der Waals surface area contributed by atoms with Gasteiger partial charge in [-0.05, 0) is 49.3 Å². The van der Waals surface area contributed by atoms with Gasteiger partial charge < -0.3 is 9.80 Å². The predicted octanol–water partition coefficient (Wildman–Crippen LogP) is 3.27. The maximum Gasteiger partial charge on any atom is 0.254 e. The van der Waals surface area contributed by atoms with Crippen LogP contribution in [-0.2, 0) is 10.2 Å². The lowest BCUT2D eigenvalue weighted by Crippen LogP contribution is -2.45. The van der Waals surface area contributed by atoms with E-state index in [0.29, 0.717) is 24.4 Å².